The van der Waals surface area contributed by atoms with E-state index in [0.29, 0.717) is 0 Å². The number of hydrogen-bond donors (Lipinski definition) is 0. The Bertz CT molecular complexity index is 637. The van der Waals surface area contributed by atoms with Gasteiger partial charge in [-0.1, -0.05) is 41.9 Å². The maximum atomic E-state index is 6.52. The highest BCUT2D eigenvalue weighted by molar-refractivity contribution is 7.19. The van der Waals surface area contributed by atoms with Gasteiger partial charge in [0.15, 0.2) is 0 Å². The van der Waals surface area contributed by atoms with Crippen molar-refractivity contribution in [3.63, 3.8) is 0 Å². The second-order valence-corrected chi connectivity index (χ2v) is 6.09. The largest absolute Gasteiger partial charge is 0.138 e. The van der Waals surface area contributed by atoms with Gasteiger partial charge in [-0.15, -0.1) is 22.9 Å². The highest BCUT2D eigenvalue weighted by Gasteiger charge is 2.13. The molecule has 1 aromatic heterocycles. The average molecular weight is 293 g/mol. The van der Waals surface area contributed by atoms with Crippen LogP contribution < -0.4 is 0 Å². The van der Waals surface area contributed by atoms with E-state index in [9.17, 15) is 0 Å². The minimum absolute atomic E-state index is 0.111. The molecule has 3 aromatic rings. The summed E-state index contributed by atoms with van der Waals surface area (Å²) in [4.78, 5) is 1.17. The Balaban J connectivity index is 2.00. The number of alkyl halides is 1. The Morgan fingerprint density at radius 2 is 1.67 bits per heavy atom. The van der Waals surface area contributed by atoms with Gasteiger partial charge in [-0.2, -0.15) is 0 Å². The van der Waals surface area contributed by atoms with Crippen molar-refractivity contribution in [3.05, 3.63) is 70.1 Å². The molecule has 0 aliphatic rings. The lowest BCUT2D eigenvalue weighted by Gasteiger charge is -2.07. The first kappa shape index (κ1) is 12.0. The normalized spacial score (nSPS) is 12.8. The van der Waals surface area contributed by atoms with Gasteiger partial charge in [-0.05, 0) is 35.2 Å². The molecule has 90 valence electrons. The lowest BCUT2D eigenvalue weighted by molar-refractivity contribution is 1.19. The standard InChI is InChI=1S/C15H10Cl2S/c16-12-7-5-10(6-8-12)15(17)14-9-11-3-1-2-4-13(11)18-14/h1-9,15H. The molecule has 0 aliphatic heterocycles. The van der Waals surface area contributed by atoms with Gasteiger partial charge in [0.2, 0.25) is 0 Å². The van der Waals surface area contributed by atoms with Gasteiger partial charge in [0.25, 0.3) is 0 Å². The fraction of sp³-hybridized carbons (Fsp3) is 0.0667. The summed E-state index contributed by atoms with van der Waals surface area (Å²) in [6.45, 7) is 0. The maximum absolute atomic E-state index is 6.52. The Hall–Kier alpha value is -1.02. The van der Waals surface area contributed by atoms with Gasteiger partial charge in [0.1, 0.15) is 0 Å². The van der Waals surface area contributed by atoms with Crippen molar-refractivity contribution < 1.29 is 0 Å². The Labute approximate surface area is 120 Å². The molecule has 0 radical (unpaired) electrons. The molecule has 0 saturated heterocycles. The quantitative estimate of drug-likeness (QED) is 0.517. The summed E-state index contributed by atoms with van der Waals surface area (Å²) >= 11 is 14.1. The summed E-state index contributed by atoms with van der Waals surface area (Å²) < 4.78 is 1.27. The fourth-order valence-electron chi connectivity index (χ4n) is 1.92. The predicted molar refractivity (Wildman–Crippen MR) is 81.0 cm³/mol. The lowest BCUT2D eigenvalue weighted by atomic mass is 10.1. The number of thiophene rings is 1. The van der Waals surface area contributed by atoms with Crippen LogP contribution in [-0.2, 0) is 0 Å². The second kappa shape index (κ2) is 4.93. The summed E-state index contributed by atoms with van der Waals surface area (Å²) in [6, 6.07) is 18.2. The first-order valence-electron chi connectivity index (χ1n) is 5.62. The van der Waals surface area contributed by atoms with E-state index in [-0.39, 0.29) is 5.38 Å². The van der Waals surface area contributed by atoms with E-state index in [1.54, 1.807) is 11.3 Å². The molecule has 1 atom stereocenters. The molecule has 0 saturated carbocycles. The summed E-state index contributed by atoms with van der Waals surface area (Å²) in [5.74, 6) is 0. The summed E-state index contributed by atoms with van der Waals surface area (Å²) in [6.07, 6.45) is 0. The van der Waals surface area contributed by atoms with Gasteiger partial charge < -0.3 is 0 Å². The van der Waals surface area contributed by atoms with E-state index in [4.69, 9.17) is 23.2 Å². The minimum Gasteiger partial charge on any atom is -0.138 e. The van der Waals surface area contributed by atoms with Crippen molar-refractivity contribution in [3.8, 4) is 0 Å². The monoisotopic (exact) mass is 292 g/mol. The van der Waals surface area contributed by atoms with Crippen LogP contribution in [0.2, 0.25) is 5.02 Å². The molecule has 0 amide bonds. The number of rotatable bonds is 2. The van der Waals surface area contributed by atoms with Crippen LogP contribution in [-0.4, -0.2) is 0 Å². The highest BCUT2D eigenvalue weighted by Crippen LogP contribution is 2.37. The Morgan fingerprint density at radius 3 is 2.39 bits per heavy atom. The first-order valence-corrected chi connectivity index (χ1v) is 7.25. The molecule has 2 aromatic carbocycles. The average Bonchev–Trinajstić information content (AvgIpc) is 2.82. The van der Waals surface area contributed by atoms with Crippen LogP contribution in [0, 0.1) is 0 Å². The zero-order valence-corrected chi connectivity index (χ0v) is 11.8. The SMILES string of the molecule is Clc1ccc(C(Cl)c2cc3ccccc3s2)cc1. The smallest absolute Gasteiger partial charge is 0.0928 e. The molecule has 3 rings (SSSR count). The molecule has 18 heavy (non-hydrogen) atoms. The second-order valence-electron chi connectivity index (χ2n) is 4.10. The number of hydrogen-bond acceptors (Lipinski definition) is 1. The van der Waals surface area contributed by atoms with E-state index in [0.717, 1.165) is 10.6 Å². The third-order valence-electron chi connectivity index (χ3n) is 2.86. The van der Waals surface area contributed by atoms with Gasteiger partial charge in [0.05, 0.1) is 5.38 Å². The maximum Gasteiger partial charge on any atom is 0.0928 e. The first-order chi connectivity index (χ1) is 8.74. The summed E-state index contributed by atoms with van der Waals surface area (Å²) in [5, 5.41) is 1.87. The van der Waals surface area contributed by atoms with Crippen LogP contribution in [0.15, 0.2) is 54.6 Å². The van der Waals surface area contributed by atoms with Gasteiger partial charge in [-0.25, -0.2) is 0 Å². The van der Waals surface area contributed by atoms with Crippen molar-refractivity contribution in [2.24, 2.45) is 0 Å². The highest BCUT2D eigenvalue weighted by atomic mass is 35.5. The van der Waals surface area contributed by atoms with E-state index in [2.05, 4.69) is 18.2 Å². The van der Waals surface area contributed by atoms with Crippen LogP contribution >= 0.6 is 34.5 Å². The van der Waals surface area contributed by atoms with Crippen molar-refractivity contribution >= 4 is 44.6 Å². The topological polar surface area (TPSA) is 0 Å². The van der Waals surface area contributed by atoms with Crippen LogP contribution in [0.25, 0.3) is 10.1 Å². The minimum atomic E-state index is -0.111. The van der Waals surface area contributed by atoms with E-state index < -0.39 is 0 Å². The third-order valence-corrected chi connectivity index (χ3v) is 4.91. The molecule has 0 N–H and O–H groups in total. The van der Waals surface area contributed by atoms with Crippen molar-refractivity contribution in [2.75, 3.05) is 0 Å². The van der Waals surface area contributed by atoms with E-state index >= 15 is 0 Å². The van der Waals surface area contributed by atoms with Crippen molar-refractivity contribution in [1.29, 1.82) is 0 Å². The molecule has 1 heterocycles. The molecule has 0 bridgehead atoms. The van der Waals surface area contributed by atoms with Gasteiger partial charge in [0, 0.05) is 14.6 Å². The Morgan fingerprint density at radius 1 is 0.944 bits per heavy atom. The van der Waals surface area contributed by atoms with Crippen molar-refractivity contribution in [2.45, 2.75) is 5.38 Å². The van der Waals surface area contributed by atoms with Gasteiger partial charge >= 0.3 is 0 Å². The van der Waals surface area contributed by atoms with Crippen LogP contribution in [0.4, 0.5) is 0 Å². The molecular formula is C15H10Cl2S. The number of fused-ring (bicyclic) bond motifs is 1. The molecule has 0 fully saturated rings. The zero-order chi connectivity index (χ0) is 12.5. The fourth-order valence-corrected chi connectivity index (χ4v) is 3.46. The van der Waals surface area contributed by atoms with Crippen LogP contribution in [0.3, 0.4) is 0 Å². The molecule has 0 nitrogen and oxygen atoms in total. The van der Waals surface area contributed by atoms with E-state index in [1.807, 2.05) is 36.4 Å². The number of benzene rings is 2. The van der Waals surface area contributed by atoms with Crippen LogP contribution in [0.1, 0.15) is 15.8 Å². The molecule has 0 aliphatic carbocycles. The number of halogens is 2. The third kappa shape index (κ3) is 2.26. The van der Waals surface area contributed by atoms with Gasteiger partial charge in [-0.3, -0.25) is 0 Å². The molecule has 3 heteroatoms. The van der Waals surface area contributed by atoms with Crippen LogP contribution in [0.5, 0.6) is 0 Å². The molecular weight excluding hydrogens is 283 g/mol. The molecule has 0 spiro atoms. The Kier molecular flexibility index (Phi) is 3.29. The molecule has 1 unspecified atom stereocenters. The van der Waals surface area contributed by atoms with E-state index in [1.165, 1.54) is 15.0 Å². The van der Waals surface area contributed by atoms with Crippen molar-refractivity contribution in [1.82, 2.24) is 0 Å². The lowest BCUT2D eigenvalue weighted by Crippen LogP contribution is -1.88. The summed E-state index contributed by atoms with van der Waals surface area (Å²) in [5.41, 5.74) is 1.08. The zero-order valence-electron chi connectivity index (χ0n) is 9.44. The predicted octanol–water partition coefficient (Wildman–Crippen LogP) is 5.88. The summed E-state index contributed by atoms with van der Waals surface area (Å²) in [7, 11) is 0.